The number of ether oxygens (including phenoxy) is 1. The van der Waals surface area contributed by atoms with Gasteiger partial charge >= 0.3 is 0 Å². The van der Waals surface area contributed by atoms with Crippen molar-refractivity contribution in [1.82, 2.24) is 10.1 Å². The van der Waals surface area contributed by atoms with Crippen LogP contribution in [0, 0.1) is 18.7 Å². The summed E-state index contributed by atoms with van der Waals surface area (Å²) in [5.41, 5.74) is 0.916. The fourth-order valence-electron chi connectivity index (χ4n) is 3.44. The molecule has 2 fully saturated rings. The Labute approximate surface area is 128 Å². The van der Waals surface area contributed by atoms with Gasteiger partial charge in [-0.05, 0) is 43.9 Å². The molecule has 0 unspecified atom stereocenters. The first-order chi connectivity index (χ1) is 10.7. The molecule has 2 saturated heterocycles. The van der Waals surface area contributed by atoms with Gasteiger partial charge in [0.25, 0.3) is 5.89 Å². The number of benzene rings is 1. The number of rotatable bonds is 2. The fourth-order valence-corrected chi connectivity index (χ4v) is 3.44. The molecule has 0 N–H and O–H groups in total. The number of aryl methyl sites for hydroxylation is 1. The lowest BCUT2D eigenvalue weighted by molar-refractivity contribution is 0.0164. The lowest BCUT2D eigenvalue weighted by Gasteiger charge is -2.35. The number of hydrogen-bond acceptors (Lipinski definition) is 5. The molecule has 0 bridgehead atoms. The van der Waals surface area contributed by atoms with E-state index in [0.29, 0.717) is 17.6 Å². The highest BCUT2D eigenvalue weighted by molar-refractivity contribution is 5.47. The van der Waals surface area contributed by atoms with Crippen molar-refractivity contribution in [2.75, 3.05) is 18.0 Å². The molecule has 2 aliphatic rings. The molecular weight excluding hydrogens is 285 g/mol. The number of anilines is 1. The van der Waals surface area contributed by atoms with Crippen molar-refractivity contribution in [2.45, 2.75) is 32.0 Å². The summed E-state index contributed by atoms with van der Waals surface area (Å²) in [5.74, 6) is 1.51. The van der Waals surface area contributed by atoms with Crippen LogP contribution in [0.3, 0.4) is 0 Å². The van der Waals surface area contributed by atoms with Gasteiger partial charge in [-0.1, -0.05) is 11.2 Å². The SMILES string of the molecule is Cc1noc([C@@H]2C[C@H]3CCN(c4cccc(F)c4)C[C@@H]3O2)n1. The molecule has 4 rings (SSSR count). The lowest BCUT2D eigenvalue weighted by Crippen LogP contribution is -2.42. The third kappa shape index (κ3) is 2.47. The van der Waals surface area contributed by atoms with Crippen molar-refractivity contribution in [1.29, 1.82) is 0 Å². The topological polar surface area (TPSA) is 51.4 Å². The molecule has 2 aromatic rings. The summed E-state index contributed by atoms with van der Waals surface area (Å²) in [6.07, 6.45) is 1.98. The van der Waals surface area contributed by atoms with Crippen molar-refractivity contribution in [3.8, 4) is 0 Å². The molecule has 5 nitrogen and oxygen atoms in total. The summed E-state index contributed by atoms with van der Waals surface area (Å²) in [5, 5.41) is 3.83. The molecule has 0 spiro atoms. The third-order valence-electron chi connectivity index (χ3n) is 4.54. The minimum Gasteiger partial charge on any atom is -0.369 e. The molecule has 2 aliphatic heterocycles. The van der Waals surface area contributed by atoms with Gasteiger partial charge in [0.15, 0.2) is 5.82 Å². The number of nitrogens with zero attached hydrogens (tertiary/aromatic N) is 3. The van der Waals surface area contributed by atoms with Crippen LogP contribution in [0.4, 0.5) is 10.1 Å². The number of halogens is 1. The Bertz CT molecular complexity index is 675. The van der Waals surface area contributed by atoms with Gasteiger partial charge < -0.3 is 14.2 Å². The first kappa shape index (κ1) is 13.7. The van der Waals surface area contributed by atoms with Crippen LogP contribution in [0.5, 0.6) is 0 Å². The minimum absolute atomic E-state index is 0.108. The molecule has 3 atom stereocenters. The average Bonchev–Trinajstić information content (AvgIpc) is 3.12. The largest absolute Gasteiger partial charge is 0.369 e. The zero-order valence-electron chi connectivity index (χ0n) is 12.4. The van der Waals surface area contributed by atoms with Crippen molar-refractivity contribution < 1.29 is 13.7 Å². The highest BCUT2D eigenvalue weighted by Crippen LogP contribution is 2.41. The van der Waals surface area contributed by atoms with Crippen molar-refractivity contribution >= 4 is 5.69 Å². The molecule has 0 radical (unpaired) electrons. The summed E-state index contributed by atoms with van der Waals surface area (Å²) >= 11 is 0. The average molecular weight is 303 g/mol. The quantitative estimate of drug-likeness (QED) is 0.854. The standard InChI is InChI=1S/C16H18FN3O2/c1-10-18-16(22-19-10)14-7-11-5-6-20(9-15(11)21-14)13-4-2-3-12(17)8-13/h2-4,8,11,14-15H,5-7,9H2,1H3/t11-,14+,15+/m1/s1. The van der Waals surface area contributed by atoms with E-state index in [0.717, 1.165) is 31.6 Å². The smallest absolute Gasteiger partial charge is 0.255 e. The molecule has 6 heteroatoms. The van der Waals surface area contributed by atoms with Crippen LogP contribution in [-0.4, -0.2) is 29.3 Å². The van der Waals surface area contributed by atoms with Gasteiger partial charge in [-0.25, -0.2) is 4.39 Å². The molecule has 3 heterocycles. The van der Waals surface area contributed by atoms with Gasteiger partial charge in [0, 0.05) is 18.8 Å². The second-order valence-corrected chi connectivity index (χ2v) is 6.05. The molecular formula is C16H18FN3O2. The van der Waals surface area contributed by atoms with Crippen LogP contribution in [0.1, 0.15) is 30.7 Å². The number of fused-ring (bicyclic) bond motifs is 1. The van der Waals surface area contributed by atoms with E-state index in [4.69, 9.17) is 9.26 Å². The Morgan fingerprint density at radius 1 is 1.36 bits per heavy atom. The Hall–Kier alpha value is -1.95. The zero-order valence-corrected chi connectivity index (χ0v) is 12.4. The first-order valence-corrected chi connectivity index (χ1v) is 7.65. The van der Waals surface area contributed by atoms with Gasteiger partial charge in [-0.2, -0.15) is 4.98 Å². The molecule has 0 amide bonds. The van der Waals surface area contributed by atoms with E-state index >= 15 is 0 Å². The van der Waals surface area contributed by atoms with Gasteiger partial charge in [0.05, 0.1) is 6.10 Å². The molecule has 0 aliphatic carbocycles. The minimum atomic E-state index is -0.203. The van der Waals surface area contributed by atoms with Crippen LogP contribution in [0.2, 0.25) is 0 Å². The van der Waals surface area contributed by atoms with Crippen LogP contribution >= 0.6 is 0 Å². The molecule has 1 aromatic heterocycles. The van der Waals surface area contributed by atoms with Gasteiger partial charge in [-0.15, -0.1) is 0 Å². The Morgan fingerprint density at radius 2 is 2.27 bits per heavy atom. The van der Waals surface area contributed by atoms with Crippen molar-refractivity contribution in [3.63, 3.8) is 0 Å². The monoisotopic (exact) mass is 303 g/mol. The van der Waals surface area contributed by atoms with E-state index < -0.39 is 0 Å². The Morgan fingerprint density at radius 3 is 3.05 bits per heavy atom. The maximum absolute atomic E-state index is 13.4. The predicted molar refractivity (Wildman–Crippen MR) is 78.0 cm³/mol. The van der Waals surface area contributed by atoms with Crippen LogP contribution < -0.4 is 4.90 Å². The van der Waals surface area contributed by atoms with Gasteiger partial charge in [0.1, 0.15) is 11.9 Å². The van der Waals surface area contributed by atoms with E-state index in [9.17, 15) is 4.39 Å². The zero-order chi connectivity index (χ0) is 15.1. The molecule has 22 heavy (non-hydrogen) atoms. The number of piperidine rings is 1. The normalized spacial score (nSPS) is 27.9. The first-order valence-electron chi connectivity index (χ1n) is 7.65. The number of hydrogen-bond donors (Lipinski definition) is 0. The highest BCUT2D eigenvalue weighted by atomic mass is 19.1. The van der Waals surface area contributed by atoms with E-state index in [1.807, 2.05) is 6.07 Å². The summed E-state index contributed by atoms with van der Waals surface area (Å²) in [6, 6.07) is 6.73. The molecule has 116 valence electrons. The van der Waals surface area contributed by atoms with Crippen LogP contribution in [-0.2, 0) is 4.74 Å². The predicted octanol–water partition coefficient (Wildman–Crippen LogP) is 2.87. The molecule has 1 aromatic carbocycles. The van der Waals surface area contributed by atoms with E-state index in [-0.39, 0.29) is 18.0 Å². The lowest BCUT2D eigenvalue weighted by atomic mass is 9.91. The summed E-state index contributed by atoms with van der Waals surface area (Å²) in [4.78, 5) is 6.46. The maximum atomic E-state index is 13.4. The fraction of sp³-hybridized carbons (Fsp3) is 0.500. The summed E-state index contributed by atoms with van der Waals surface area (Å²) < 4.78 is 24.7. The molecule has 0 saturated carbocycles. The van der Waals surface area contributed by atoms with Gasteiger partial charge in [0.2, 0.25) is 0 Å². The van der Waals surface area contributed by atoms with E-state index in [2.05, 4.69) is 15.0 Å². The third-order valence-corrected chi connectivity index (χ3v) is 4.54. The summed E-state index contributed by atoms with van der Waals surface area (Å²) in [6.45, 7) is 3.50. The second-order valence-electron chi connectivity index (χ2n) is 6.05. The van der Waals surface area contributed by atoms with Crippen LogP contribution in [0.15, 0.2) is 28.8 Å². The van der Waals surface area contributed by atoms with E-state index in [1.165, 1.54) is 6.07 Å². The van der Waals surface area contributed by atoms with Gasteiger partial charge in [-0.3, -0.25) is 0 Å². The van der Waals surface area contributed by atoms with Crippen molar-refractivity contribution in [3.05, 3.63) is 41.8 Å². The Kier molecular flexibility index (Phi) is 3.33. The van der Waals surface area contributed by atoms with E-state index in [1.54, 1.807) is 19.1 Å². The number of aromatic nitrogens is 2. The maximum Gasteiger partial charge on any atom is 0.255 e. The summed E-state index contributed by atoms with van der Waals surface area (Å²) in [7, 11) is 0. The highest BCUT2D eigenvalue weighted by Gasteiger charge is 2.41. The van der Waals surface area contributed by atoms with Crippen molar-refractivity contribution in [2.24, 2.45) is 5.92 Å². The van der Waals surface area contributed by atoms with Crippen LogP contribution in [0.25, 0.3) is 0 Å². The Balaban J connectivity index is 1.47. The second kappa shape index (κ2) is 5.35.